The maximum absolute atomic E-state index is 14.0. The highest BCUT2D eigenvalue weighted by Crippen LogP contribution is 2.44. The summed E-state index contributed by atoms with van der Waals surface area (Å²) in [6.07, 6.45) is 0.599. The molecule has 0 aromatic heterocycles. The maximum atomic E-state index is 14.0. The van der Waals surface area contributed by atoms with Gasteiger partial charge in [0.15, 0.2) is 0 Å². The van der Waals surface area contributed by atoms with Gasteiger partial charge in [0.2, 0.25) is 11.8 Å². The van der Waals surface area contributed by atoms with E-state index in [0.717, 1.165) is 27.8 Å². The average Bonchev–Trinajstić information content (AvgIpc) is 3.65. The van der Waals surface area contributed by atoms with Crippen LogP contribution in [0.3, 0.4) is 0 Å². The fraction of sp³-hybridized carbons (Fsp3) is 0.371. The van der Waals surface area contributed by atoms with Gasteiger partial charge in [-0.2, -0.15) is 0 Å². The molecule has 5 rings (SSSR count). The van der Waals surface area contributed by atoms with Gasteiger partial charge in [-0.05, 0) is 46.6 Å². The zero-order chi connectivity index (χ0) is 31.2. The van der Waals surface area contributed by atoms with Crippen LogP contribution in [0.1, 0.15) is 49.3 Å². The molecule has 0 radical (unpaired) electrons. The summed E-state index contributed by atoms with van der Waals surface area (Å²) in [7, 11) is 1.28. The van der Waals surface area contributed by atoms with Gasteiger partial charge < -0.3 is 25.0 Å². The second-order valence-corrected chi connectivity index (χ2v) is 11.7. The Morgan fingerprint density at radius 3 is 2.09 bits per heavy atom. The average molecular weight is 598 g/mol. The van der Waals surface area contributed by atoms with Crippen LogP contribution in [0, 0.1) is 5.92 Å². The smallest absolute Gasteiger partial charge is 0.407 e. The first-order chi connectivity index (χ1) is 21.3. The molecule has 3 atom stereocenters. The van der Waals surface area contributed by atoms with Gasteiger partial charge in [0.1, 0.15) is 24.7 Å². The zero-order valence-electron chi connectivity index (χ0n) is 25.3. The van der Waals surface area contributed by atoms with Gasteiger partial charge in [-0.1, -0.05) is 92.7 Å². The summed E-state index contributed by atoms with van der Waals surface area (Å²) in [4.78, 5) is 54.3. The third-order valence-corrected chi connectivity index (χ3v) is 8.47. The van der Waals surface area contributed by atoms with Crippen LogP contribution in [-0.2, 0) is 30.3 Å². The van der Waals surface area contributed by atoms with Crippen molar-refractivity contribution in [3.63, 3.8) is 0 Å². The summed E-state index contributed by atoms with van der Waals surface area (Å²) in [5.41, 5.74) is 5.29. The lowest BCUT2D eigenvalue weighted by Crippen LogP contribution is -2.56. The third kappa shape index (κ3) is 6.61. The third-order valence-electron chi connectivity index (χ3n) is 8.47. The van der Waals surface area contributed by atoms with Gasteiger partial charge >= 0.3 is 12.1 Å². The number of fused-ring (bicyclic) bond motifs is 3. The van der Waals surface area contributed by atoms with E-state index in [2.05, 4.69) is 22.8 Å². The van der Waals surface area contributed by atoms with Crippen molar-refractivity contribution in [3.8, 4) is 11.1 Å². The number of rotatable bonds is 10. The van der Waals surface area contributed by atoms with Crippen LogP contribution in [0.15, 0.2) is 78.9 Å². The first-order valence-electron chi connectivity index (χ1n) is 15.1. The van der Waals surface area contributed by atoms with Crippen molar-refractivity contribution in [2.45, 2.75) is 57.2 Å². The Morgan fingerprint density at radius 1 is 0.864 bits per heavy atom. The quantitative estimate of drug-likeness (QED) is 0.334. The first kappa shape index (κ1) is 30.8. The molecule has 44 heavy (non-hydrogen) atoms. The molecular formula is C35H39N3O6. The van der Waals surface area contributed by atoms with Crippen LogP contribution < -0.4 is 10.6 Å². The molecule has 3 amide bonds. The Bertz CT molecular complexity index is 1460. The number of amides is 3. The molecule has 3 aromatic carbocycles. The predicted octanol–water partition coefficient (Wildman–Crippen LogP) is 4.44. The molecule has 2 N–H and O–H groups in total. The molecule has 3 aromatic rings. The lowest BCUT2D eigenvalue weighted by atomic mass is 9.98. The largest absolute Gasteiger partial charge is 0.467 e. The van der Waals surface area contributed by atoms with Crippen LogP contribution in [0.5, 0.6) is 0 Å². The van der Waals surface area contributed by atoms with Crippen molar-refractivity contribution in [3.05, 3.63) is 95.6 Å². The first-order valence-corrected chi connectivity index (χ1v) is 15.1. The Labute approximate surface area is 257 Å². The predicted molar refractivity (Wildman–Crippen MR) is 166 cm³/mol. The SMILES string of the molecule is COC(=O)C(NC(=O)C1CCCN1C(=O)C(Cc1ccccc1)NC(=O)OCC1c2ccccc2-c2ccccc21)C(C)C. The summed E-state index contributed by atoms with van der Waals surface area (Å²) in [5, 5.41) is 5.57. The van der Waals surface area contributed by atoms with Gasteiger partial charge in [-0.15, -0.1) is 0 Å². The van der Waals surface area contributed by atoms with Gasteiger partial charge in [0.25, 0.3) is 0 Å². The lowest BCUT2D eigenvalue weighted by Gasteiger charge is -2.30. The number of carbonyl (C=O) groups is 4. The highest BCUT2D eigenvalue weighted by atomic mass is 16.5. The van der Waals surface area contributed by atoms with Gasteiger partial charge in [-0.25, -0.2) is 9.59 Å². The molecule has 9 heteroatoms. The van der Waals surface area contributed by atoms with Crippen LogP contribution >= 0.6 is 0 Å². The molecule has 0 spiro atoms. The van der Waals surface area contributed by atoms with E-state index in [1.54, 1.807) is 0 Å². The standard InChI is InChI=1S/C35H39N3O6/c1-22(2)31(34(41)43-3)37-32(39)30-18-11-19-38(30)33(40)29(20-23-12-5-4-6-13-23)36-35(42)44-21-28-26-16-9-7-14-24(26)25-15-8-10-17-27(25)28/h4-10,12-17,22,28-31H,11,18-21H2,1-3H3,(H,36,42)(H,37,39). The minimum absolute atomic E-state index is 0.116. The van der Waals surface area contributed by atoms with E-state index in [9.17, 15) is 19.2 Å². The fourth-order valence-corrected chi connectivity index (χ4v) is 6.21. The van der Waals surface area contributed by atoms with E-state index >= 15 is 0 Å². The number of hydrogen-bond acceptors (Lipinski definition) is 6. The highest BCUT2D eigenvalue weighted by molar-refractivity contribution is 5.93. The zero-order valence-corrected chi connectivity index (χ0v) is 25.3. The summed E-state index contributed by atoms with van der Waals surface area (Å²) in [5.74, 6) is -1.65. The molecule has 1 aliphatic heterocycles. The van der Waals surface area contributed by atoms with Crippen LogP contribution in [-0.4, -0.2) is 67.2 Å². The van der Waals surface area contributed by atoms with E-state index in [1.165, 1.54) is 12.0 Å². The number of alkyl carbamates (subject to hydrolysis) is 1. The van der Waals surface area contributed by atoms with Crippen molar-refractivity contribution in [1.29, 1.82) is 0 Å². The second kappa shape index (κ2) is 13.8. The molecule has 2 aliphatic rings. The molecular weight excluding hydrogens is 558 g/mol. The van der Waals surface area contributed by atoms with Crippen molar-refractivity contribution in [2.75, 3.05) is 20.3 Å². The summed E-state index contributed by atoms with van der Waals surface area (Å²) in [6, 6.07) is 23.0. The van der Waals surface area contributed by atoms with Crippen LogP contribution in [0.25, 0.3) is 11.1 Å². The Balaban J connectivity index is 1.30. The van der Waals surface area contributed by atoms with E-state index < -0.39 is 36.1 Å². The molecule has 1 fully saturated rings. The number of nitrogens with one attached hydrogen (secondary N) is 2. The molecule has 9 nitrogen and oxygen atoms in total. The molecule has 0 bridgehead atoms. The van der Waals surface area contributed by atoms with E-state index in [1.807, 2.05) is 80.6 Å². The maximum Gasteiger partial charge on any atom is 0.407 e. The lowest BCUT2D eigenvalue weighted by molar-refractivity contribution is -0.147. The minimum atomic E-state index is -0.956. The highest BCUT2D eigenvalue weighted by Gasteiger charge is 2.40. The fourth-order valence-electron chi connectivity index (χ4n) is 6.21. The Kier molecular flexibility index (Phi) is 9.62. The number of likely N-dealkylation sites (tertiary alicyclic amines) is 1. The second-order valence-electron chi connectivity index (χ2n) is 11.7. The van der Waals surface area contributed by atoms with E-state index in [-0.39, 0.29) is 30.8 Å². The Hall–Kier alpha value is -4.66. The topological polar surface area (TPSA) is 114 Å². The minimum Gasteiger partial charge on any atom is -0.467 e. The molecule has 230 valence electrons. The number of methoxy groups -OCH3 is 1. The summed E-state index contributed by atoms with van der Waals surface area (Å²) >= 11 is 0. The van der Waals surface area contributed by atoms with Gasteiger partial charge in [-0.3, -0.25) is 9.59 Å². The number of esters is 1. The monoisotopic (exact) mass is 597 g/mol. The summed E-state index contributed by atoms with van der Waals surface area (Å²) < 4.78 is 10.6. The normalized spacial score (nSPS) is 16.9. The van der Waals surface area contributed by atoms with Crippen LogP contribution in [0.2, 0.25) is 0 Å². The molecule has 1 aliphatic carbocycles. The molecule has 3 unspecified atom stereocenters. The van der Waals surface area contributed by atoms with Crippen molar-refractivity contribution < 1.29 is 28.7 Å². The molecule has 1 saturated heterocycles. The Morgan fingerprint density at radius 2 is 1.48 bits per heavy atom. The van der Waals surface area contributed by atoms with Crippen LogP contribution in [0.4, 0.5) is 4.79 Å². The number of benzene rings is 3. The van der Waals surface area contributed by atoms with Crippen molar-refractivity contribution in [1.82, 2.24) is 15.5 Å². The van der Waals surface area contributed by atoms with Crippen molar-refractivity contribution in [2.24, 2.45) is 5.92 Å². The van der Waals surface area contributed by atoms with Gasteiger partial charge in [0.05, 0.1) is 7.11 Å². The van der Waals surface area contributed by atoms with E-state index in [4.69, 9.17) is 9.47 Å². The van der Waals surface area contributed by atoms with Gasteiger partial charge in [0, 0.05) is 18.9 Å². The number of carbonyl (C=O) groups excluding carboxylic acids is 4. The number of nitrogens with zero attached hydrogens (tertiary/aromatic N) is 1. The van der Waals surface area contributed by atoms with E-state index in [0.29, 0.717) is 19.4 Å². The number of ether oxygens (including phenoxy) is 2. The molecule has 1 heterocycles. The number of hydrogen-bond donors (Lipinski definition) is 2. The summed E-state index contributed by atoms with van der Waals surface area (Å²) in [6.45, 7) is 4.10. The van der Waals surface area contributed by atoms with Crippen molar-refractivity contribution >= 4 is 23.9 Å². The molecule has 0 saturated carbocycles.